The minimum Gasteiger partial charge on any atom is -0.356 e. The van der Waals surface area contributed by atoms with E-state index in [4.69, 9.17) is 0 Å². The van der Waals surface area contributed by atoms with Crippen molar-refractivity contribution < 1.29 is 0 Å². The summed E-state index contributed by atoms with van der Waals surface area (Å²) < 4.78 is 0. The molecule has 0 spiro atoms. The second-order valence-corrected chi connectivity index (χ2v) is 4.68. The van der Waals surface area contributed by atoms with Gasteiger partial charge in [-0.05, 0) is 29.7 Å². The normalized spacial score (nSPS) is 21.4. The van der Waals surface area contributed by atoms with Gasteiger partial charge < -0.3 is 4.90 Å². The quantitative estimate of drug-likeness (QED) is 0.745. The molecule has 0 saturated heterocycles. The molecule has 2 aliphatic heterocycles. The highest BCUT2D eigenvalue weighted by molar-refractivity contribution is 5.49. The highest BCUT2D eigenvalue weighted by atomic mass is 15.2. The van der Waals surface area contributed by atoms with E-state index in [1.807, 2.05) is 6.08 Å². The Labute approximate surface area is 108 Å². The van der Waals surface area contributed by atoms with E-state index < -0.39 is 0 Å². The fourth-order valence-electron chi connectivity index (χ4n) is 2.83. The summed E-state index contributed by atoms with van der Waals surface area (Å²) in [6.45, 7) is 6.96. The van der Waals surface area contributed by atoms with Crippen LogP contribution < -0.4 is 0 Å². The standard InChI is InChI=1S/C17H17N/c1-3-7-16-13(4-2)10-11-17-15-9-6-5-8-14(15)12-18(16)17/h3-11,17H,2,12H2,1H3/b7-3-. The Morgan fingerprint density at radius 2 is 2.17 bits per heavy atom. The Morgan fingerprint density at radius 3 is 2.94 bits per heavy atom. The lowest BCUT2D eigenvalue weighted by Crippen LogP contribution is -2.22. The molecule has 0 radical (unpaired) electrons. The van der Waals surface area contributed by atoms with Crippen LogP contribution in [0, 0.1) is 0 Å². The van der Waals surface area contributed by atoms with Gasteiger partial charge in [0.1, 0.15) is 0 Å². The van der Waals surface area contributed by atoms with Gasteiger partial charge in [0.15, 0.2) is 0 Å². The minimum absolute atomic E-state index is 0.385. The van der Waals surface area contributed by atoms with Crippen molar-refractivity contribution in [1.29, 1.82) is 0 Å². The number of hydrogen-bond donors (Lipinski definition) is 0. The lowest BCUT2D eigenvalue weighted by Gasteiger charge is -2.30. The smallest absolute Gasteiger partial charge is 0.0737 e. The molecule has 0 saturated carbocycles. The largest absolute Gasteiger partial charge is 0.356 e. The molecule has 0 amide bonds. The van der Waals surface area contributed by atoms with Crippen LogP contribution in [-0.2, 0) is 6.54 Å². The third-order valence-corrected chi connectivity index (χ3v) is 3.66. The Balaban J connectivity index is 2.09. The van der Waals surface area contributed by atoms with Gasteiger partial charge >= 0.3 is 0 Å². The zero-order valence-electron chi connectivity index (χ0n) is 10.6. The summed E-state index contributed by atoms with van der Waals surface area (Å²) in [5.41, 5.74) is 5.34. The average molecular weight is 235 g/mol. The number of fused-ring (bicyclic) bond motifs is 3. The maximum Gasteiger partial charge on any atom is 0.0737 e. The summed E-state index contributed by atoms with van der Waals surface area (Å²) in [6.07, 6.45) is 10.7. The molecule has 1 nitrogen and oxygen atoms in total. The van der Waals surface area contributed by atoms with Crippen molar-refractivity contribution in [3.05, 3.63) is 83.6 Å². The van der Waals surface area contributed by atoms with Gasteiger partial charge in [0.25, 0.3) is 0 Å². The molecule has 0 fully saturated rings. The molecule has 90 valence electrons. The van der Waals surface area contributed by atoms with Crippen molar-refractivity contribution >= 4 is 0 Å². The lowest BCUT2D eigenvalue weighted by molar-refractivity contribution is 0.325. The number of benzene rings is 1. The maximum atomic E-state index is 3.91. The molecule has 1 heteroatoms. The van der Waals surface area contributed by atoms with Crippen molar-refractivity contribution in [1.82, 2.24) is 4.90 Å². The molecule has 1 aromatic rings. The monoisotopic (exact) mass is 235 g/mol. The first-order chi connectivity index (χ1) is 8.85. The zero-order valence-corrected chi connectivity index (χ0v) is 10.6. The van der Waals surface area contributed by atoms with Crippen LogP contribution in [0.5, 0.6) is 0 Å². The van der Waals surface area contributed by atoms with Crippen LogP contribution in [0.15, 0.2) is 72.5 Å². The van der Waals surface area contributed by atoms with Crippen molar-refractivity contribution in [3.8, 4) is 0 Å². The Kier molecular flexibility index (Phi) is 2.67. The second-order valence-electron chi connectivity index (χ2n) is 4.68. The summed E-state index contributed by atoms with van der Waals surface area (Å²) in [5.74, 6) is 0. The van der Waals surface area contributed by atoms with Gasteiger partial charge in [0.2, 0.25) is 0 Å². The molecule has 3 rings (SSSR count). The molecule has 0 aromatic heterocycles. The summed E-state index contributed by atoms with van der Waals surface area (Å²) in [6, 6.07) is 9.09. The number of allylic oxidation sites excluding steroid dienone is 5. The first kappa shape index (κ1) is 11.1. The van der Waals surface area contributed by atoms with Gasteiger partial charge in [0, 0.05) is 12.2 Å². The summed E-state index contributed by atoms with van der Waals surface area (Å²) in [4.78, 5) is 2.45. The van der Waals surface area contributed by atoms with Gasteiger partial charge in [-0.15, -0.1) is 0 Å². The fourth-order valence-corrected chi connectivity index (χ4v) is 2.83. The number of rotatable bonds is 2. The van der Waals surface area contributed by atoms with Crippen LogP contribution in [0.2, 0.25) is 0 Å². The fraction of sp³-hybridized carbons (Fsp3) is 0.176. The molecular weight excluding hydrogens is 218 g/mol. The van der Waals surface area contributed by atoms with Crippen LogP contribution >= 0.6 is 0 Å². The highest BCUT2D eigenvalue weighted by Crippen LogP contribution is 2.41. The third kappa shape index (κ3) is 1.55. The molecule has 1 unspecified atom stereocenters. The Morgan fingerprint density at radius 1 is 1.33 bits per heavy atom. The van der Waals surface area contributed by atoms with Crippen molar-refractivity contribution in [3.63, 3.8) is 0 Å². The first-order valence-electron chi connectivity index (χ1n) is 6.37. The molecule has 2 aliphatic rings. The molecule has 0 N–H and O–H groups in total. The topological polar surface area (TPSA) is 3.24 Å². The molecule has 0 aliphatic carbocycles. The molecule has 18 heavy (non-hydrogen) atoms. The van der Waals surface area contributed by atoms with Gasteiger partial charge in [-0.3, -0.25) is 0 Å². The average Bonchev–Trinajstić information content (AvgIpc) is 2.78. The molecule has 0 bridgehead atoms. The highest BCUT2D eigenvalue weighted by Gasteiger charge is 2.31. The molecule has 2 heterocycles. The third-order valence-electron chi connectivity index (χ3n) is 3.66. The van der Waals surface area contributed by atoms with Crippen molar-refractivity contribution in [2.24, 2.45) is 0 Å². The second kappa shape index (κ2) is 4.34. The zero-order chi connectivity index (χ0) is 12.5. The predicted octanol–water partition coefficient (Wildman–Crippen LogP) is 4.13. The van der Waals surface area contributed by atoms with E-state index in [9.17, 15) is 0 Å². The van der Waals surface area contributed by atoms with Crippen LogP contribution in [0.1, 0.15) is 24.1 Å². The van der Waals surface area contributed by atoms with Gasteiger partial charge in [-0.1, -0.05) is 55.1 Å². The van der Waals surface area contributed by atoms with Crippen LogP contribution in [0.3, 0.4) is 0 Å². The van der Waals surface area contributed by atoms with Gasteiger partial charge in [-0.25, -0.2) is 0 Å². The molecule has 1 aromatic carbocycles. The lowest BCUT2D eigenvalue weighted by atomic mass is 10.00. The predicted molar refractivity (Wildman–Crippen MR) is 75.9 cm³/mol. The summed E-state index contributed by atoms with van der Waals surface area (Å²) in [5, 5.41) is 0. The van der Waals surface area contributed by atoms with Gasteiger partial charge in [-0.2, -0.15) is 0 Å². The molecule has 1 atom stereocenters. The van der Waals surface area contributed by atoms with E-state index in [0.29, 0.717) is 6.04 Å². The van der Waals surface area contributed by atoms with Crippen LogP contribution in [-0.4, -0.2) is 4.90 Å². The Hall–Kier alpha value is -2.02. The van der Waals surface area contributed by atoms with E-state index in [2.05, 4.69) is 67.0 Å². The van der Waals surface area contributed by atoms with E-state index in [1.54, 1.807) is 0 Å². The minimum atomic E-state index is 0.385. The summed E-state index contributed by atoms with van der Waals surface area (Å²) >= 11 is 0. The maximum absolute atomic E-state index is 3.91. The SMILES string of the molecule is C=CC1=C(/C=C\C)N2Cc3ccccc3C2C=C1. The van der Waals surface area contributed by atoms with Crippen molar-refractivity contribution in [2.75, 3.05) is 0 Å². The van der Waals surface area contributed by atoms with E-state index in [-0.39, 0.29) is 0 Å². The van der Waals surface area contributed by atoms with Crippen LogP contribution in [0.4, 0.5) is 0 Å². The van der Waals surface area contributed by atoms with E-state index in [1.165, 1.54) is 22.4 Å². The number of nitrogens with zero attached hydrogens (tertiary/aromatic N) is 1. The first-order valence-corrected chi connectivity index (χ1v) is 6.37. The molecular formula is C17H17N. The summed E-state index contributed by atoms with van der Waals surface area (Å²) in [7, 11) is 0. The number of hydrogen-bond acceptors (Lipinski definition) is 1. The van der Waals surface area contributed by atoms with Crippen LogP contribution in [0.25, 0.3) is 0 Å². The van der Waals surface area contributed by atoms with E-state index in [0.717, 1.165) is 6.54 Å². The van der Waals surface area contributed by atoms with Gasteiger partial charge in [0.05, 0.1) is 6.04 Å². The van der Waals surface area contributed by atoms with Crippen molar-refractivity contribution in [2.45, 2.75) is 19.5 Å². The van der Waals surface area contributed by atoms with E-state index >= 15 is 0 Å². The Bertz CT molecular complexity index is 575.